The molecule has 29 heavy (non-hydrogen) atoms. The molecule has 0 aliphatic rings. The SMILES string of the molecule is COc1cc(CO)cc(-c2cc(-c3nc4cc(Br)c(C(F)(F)F)cc4[nH]3)[nH]n2)c1. The number of alkyl halides is 3. The number of rotatable bonds is 4. The van der Waals surface area contributed by atoms with Crippen molar-refractivity contribution in [1.82, 2.24) is 20.2 Å². The van der Waals surface area contributed by atoms with Crippen molar-refractivity contribution in [3.05, 3.63) is 52.0 Å². The molecule has 150 valence electrons. The van der Waals surface area contributed by atoms with Crippen molar-refractivity contribution in [1.29, 1.82) is 0 Å². The van der Waals surface area contributed by atoms with Crippen LogP contribution in [-0.2, 0) is 12.8 Å². The van der Waals surface area contributed by atoms with Crippen LogP contribution >= 0.6 is 15.9 Å². The molecule has 0 atom stereocenters. The highest BCUT2D eigenvalue weighted by atomic mass is 79.9. The summed E-state index contributed by atoms with van der Waals surface area (Å²) in [4.78, 5) is 7.25. The number of nitrogens with one attached hydrogen (secondary N) is 2. The summed E-state index contributed by atoms with van der Waals surface area (Å²) in [5.41, 5.74) is 2.33. The zero-order valence-corrected chi connectivity index (χ0v) is 16.5. The van der Waals surface area contributed by atoms with E-state index in [9.17, 15) is 18.3 Å². The summed E-state index contributed by atoms with van der Waals surface area (Å²) in [5.74, 6) is 0.930. The molecule has 0 unspecified atom stereocenters. The van der Waals surface area contributed by atoms with Crippen molar-refractivity contribution in [3.63, 3.8) is 0 Å². The Kier molecular flexibility index (Phi) is 4.83. The van der Waals surface area contributed by atoms with E-state index in [1.54, 1.807) is 24.3 Å². The topological polar surface area (TPSA) is 86.8 Å². The standard InChI is InChI=1S/C19H14BrF3N4O2/c1-29-11-3-9(8-28)2-10(4-11)14-7-17(27-26-14)18-24-15-5-12(19(21,22)23)13(20)6-16(15)25-18/h2-7,28H,8H2,1H3,(H,24,25)(H,26,27). The van der Waals surface area contributed by atoms with Gasteiger partial charge in [-0.2, -0.15) is 18.3 Å². The number of nitrogens with zero attached hydrogens (tertiary/aromatic N) is 2. The van der Waals surface area contributed by atoms with E-state index in [0.717, 1.165) is 6.07 Å². The molecule has 3 N–H and O–H groups in total. The second-order valence-corrected chi connectivity index (χ2v) is 7.18. The smallest absolute Gasteiger partial charge is 0.417 e. The predicted molar refractivity (Wildman–Crippen MR) is 104 cm³/mol. The van der Waals surface area contributed by atoms with E-state index in [0.29, 0.717) is 39.6 Å². The first-order chi connectivity index (χ1) is 13.8. The lowest BCUT2D eigenvalue weighted by Gasteiger charge is -2.08. The fourth-order valence-corrected chi connectivity index (χ4v) is 3.54. The first-order valence-electron chi connectivity index (χ1n) is 8.40. The van der Waals surface area contributed by atoms with Crippen molar-refractivity contribution >= 4 is 27.0 Å². The molecule has 0 bridgehead atoms. The Bertz CT molecular complexity index is 1180. The Morgan fingerprint density at radius 2 is 1.93 bits per heavy atom. The third-order valence-corrected chi connectivity index (χ3v) is 5.05. The number of benzene rings is 2. The number of hydrogen-bond donors (Lipinski definition) is 3. The van der Waals surface area contributed by atoms with Crippen LogP contribution in [0, 0.1) is 0 Å². The molecule has 0 fully saturated rings. The van der Waals surface area contributed by atoms with E-state index in [4.69, 9.17) is 4.74 Å². The van der Waals surface area contributed by atoms with E-state index < -0.39 is 11.7 Å². The highest BCUT2D eigenvalue weighted by Gasteiger charge is 2.33. The van der Waals surface area contributed by atoms with E-state index >= 15 is 0 Å². The Morgan fingerprint density at radius 1 is 1.14 bits per heavy atom. The van der Waals surface area contributed by atoms with Crippen molar-refractivity contribution in [2.45, 2.75) is 12.8 Å². The lowest BCUT2D eigenvalue weighted by molar-refractivity contribution is -0.138. The minimum Gasteiger partial charge on any atom is -0.497 e. The van der Waals surface area contributed by atoms with Crippen LogP contribution in [-0.4, -0.2) is 32.4 Å². The molecule has 0 aliphatic carbocycles. The predicted octanol–water partition coefficient (Wildman–Crippen LogP) is 4.90. The second-order valence-electron chi connectivity index (χ2n) is 6.33. The Hall–Kier alpha value is -2.85. The van der Waals surface area contributed by atoms with Crippen LogP contribution in [0.15, 0.2) is 40.9 Å². The number of aromatic amines is 2. The fourth-order valence-electron chi connectivity index (χ4n) is 2.98. The summed E-state index contributed by atoms with van der Waals surface area (Å²) in [7, 11) is 1.53. The quantitative estimate of drug-likeness (QED) is 0.399. The summed E-state index contributed by atoms with van der Waals surface area (Å²) in [6, 6.07) is 9.31. The molecule has 0 amide bonds. The summed E-state index contributed by atoms with van der Waals surface area (Å²) < 4.78 is 44.5. The van der Waals surface area contributed by atoms with Gasteiger partial charge in [0.15, 0.2) is 5.82 Å². The molecule has 4 aromatic rings. The van der Waals surface area contributed by atoms with E-state index in [-0.39, 0.29) is 16.6 Å². The fraction of sp³-hybridized carbons (Fsp3) is 0.158. The Morgan fingerprint density at radius 3 is 2.62 bits per heavy atom. The van der Waals surface area contributed by atoms with Crippen LogP contribution in [0.2, 0.25) is 0 Å². The van der Waals surface area contributed by atoms with Gasteiger partial charge < -0.3 is 14.8 Å². The molecule has 6 nitrogen and oxygen atoms in total. The van der Waals surface area contributed by atoms with E-state index in [1.165, 1.54) is 13.2 Å². The van der Waals surface area contributed by atoms with Crippen LogP contribution in [0.4, 0.5) is 13.2 Å². The van der Waals surface area contributed by atoms with Gasteiger partial charge in [-0.3, -0.25) is 5.10 Å². The zero-order chi connectivity index (χ0) is 20.8. The molecule has 10 heteroatoms. The maximum absolute atomic E-state index is 13.1. The van der Waals surface area contributed by atoms with Gasteiger partial charge in [0.2, 0.25) is 0 Å². The number of imidazole rings is 1. The minimum atomic E-state index is -4.48. The van der Waals surface area contributed by atoms with Crippen molar-refractivity contribution in [3.8, 4) is 28.5 Å². The van der Waals surface area contributed by atoms with Crippen LogP contribution < -0.4 is 4.74 Å². The Balaban J connectivity index is 1.74. The number of aliphatic hydroxyl groups excluding tert-OH is 1. The molecule has 2 aromatic heterocycles. The van der Waals surface area contributed by atoms with Gasteiger partial charge in [0.05, 0.1) is 36.0 Å². The number of halogens is 4. The normalized spacial score (nSPS) is 11.9. The second kappa shape index (κ2) is 7.20. The van der Waals surface area contributed by atoms with Gasteiger partial charge in [-0.05, 0) is 42.0 Å². The number of fused-ring (bicyclic) bond motifs is 1. The number of aliphatic hydroxyl groups is 1. The van der Waals surface area contributed by atoms with E-state index in [1.807, 2.05) is 0 Å². The highest BCUT2D eigenvalue weighted by Crippen LogP contribution is 2.37. The zero-order valence-electron chi connectivity index (χ0n) is 14.9. The molecule has 2 aromatic carbocycles. The van der Waals surface area contributed by atoms with Crippen molar-refractivity contribution < 1.29 is 23.0 Å². The molecule has 0 spiro atoms. The first kappa shape index (κ1) is 19.5. The molecular formula is C19H14BrF3N4O2. The molecule has 0 saturated heterocycles. The summed E-state index contributed by atoms with van der Waals surface area (Å²) in [5, 5.41) is 16.5. The van der Waals surface area contributed by atoms with Gasteiger partial charge >= 0.3 is 6.18 Å². The summed E-state index contributed by atoms with van der Waals surface area (Å²) >= 11 is 2.95. The van der Waals surface area contributed by atoms with Gasteiger partial charge in [-0.15, -0.1) is 0 Å². The molecule has 2 heterocycles. The van der Waals surface area contributed by atoms with Crippen LogP contribution in [0.3, 0.4) is 0 Å². The van der Waals surface area contributed by atoms with Crippen molar-refractivity contribution in [2.75, 3.05) is 7.11 Å². The van der Waals surface area contributed by atoms with Gasteiger partial charge in [0, 0.05) is 10.0 Å². The lowest BCUT2D eigenvalue weighted by Crippen LogP contribution is -2.05. The van der Waals surface area contributed by atoms with Crippen LogP contribution in [0.5, 0.6) is 5.75 Å². The maximum Gasteiger partial charge on any atom is 0.417 e. The van der Waals surface area contributed by atoms with Crippen LogP contribution in [0.25, 0.3) is 33.8 Å². The monoisotopic (exact) mass is 466 g/mol. The van der Waals surface area contributed by atoms with Crippen molar-refractivity contribution in [2.24, 2.45) is 0 Å². The Labute approximate surface area is 170 Å². The third-order valence-electron chi connectivity index (χ3n) is 4.39. The molecule has 4 rings (SSSR count). The van der Waals surface area contributed by atoms with Gasteiger partial charge in [0.1, 0.15) is 11.4 Å². The van der Waals surface area contributed by atoms with Crippen LogP contribution in [0.1, 0.15) is 11.1 Å². The molecule has 0 saturated carbocycles. The average Bonchev–Trinajstić information content (AvgIpc) is 3.32. The highest BCUT2D eigenvalue weighted by molar-refractivity contribution is 9.10. The lowest BCUT2D eigenvalue weighted by atomic mass is 10.1. The molecular weight excluding hydrogens is 453 g/mol. The molecule has 0 aliphatic heterocycles. The number of methoxy groups -OCH3 is 1. The largest absolute Gasteiger partial charge is 0.497 e. The minimum absolute atomic E-state index is 0.0752. The van der Waals surface area contributed by atoms with Gasteiger partial charge in [-0.1, -0.05) is 15.9 Å². The van der Waals surface area contributed by atoms with Gasteiger partial charge in [-0.25, -0.2) is 4.98 Å². The van der Waals surface area contributed by atoms with E-state index in [2.05, 4.69) is 36.1 Å². The number of H-pyrrole nitrogens is 2. The van der Waals surface area contributed by atoms with Gasteiger partial charge in [0.25, 0.3) is 0 Å². The third kappa shape index (κ3) is 3.73. The average molecular weight is 467 g/mol. The summed E-state index contributed by atoms with van der Waals surface area (Å²) in [6.45, 7) is -0.151. The maximum atomic E-state index is 13.1. The number of hydrogen-bond acceptors (Lipinski definition) is 4. The first-order valence-corrected chi connectivity index (χ1v) is 9.19. The number of ether oxygens (including phenoxy) is 1. The summed E-state index contributed by atoms with van der Waals surface area (Å²) in [6.07, 6.45) is -4.48. The molecule has 0 radical (unpaired) electrons. The number of aromatic nitrogens is 4.